The molecule has 8 nitrogen and oxygen atoms in total. The first-order valence-electron chi connectivity index (χ1n) is 8.38. The first kappa shape index (κ1) is 17.7. The minimum absolute atomic E-state index is 0.163. The van der Waals surface area contributed by atoms with Gasteiger partial charge in [-0.2, -0.15) is 13.5 Å². The molecule has 0 aromatic carbocycles. The molecule has 9 heteroatoms. The first-order chi connectivity index (χ1) is 11.8. The van der Waals surface area contributed by atoms with Gasteiger partial charge in [-0.1, -0.05) is 19.3 Å². The van der Waals surface area contributed by atoms with Crippen LogP contribution in [0.15, 0.2) is 17.4 Å². The van der Waals surface area contributed by atoms with Crippen LogP contribution in [0.2, 0.25) is 0 Å². The molecule has 136 valence electrons. The van der Waals surface area contributed by atoms with Crippen LogP contribution in [-0.2, 0) is 24.1 Å². The fourth-order valence-electron chi connectivity index (χ4n) is 3.24. The molecule has 0 atom stereocenters. The fraction of sp³-hybridized carbons (Fsp3) is 0.562. The standard InChI is InChI=1S/C16H23N5O3S/c1-11-17-14(10-20(11)2)25(23,24)19-16(22)13-9-21(3)18-15(13)12-7-5-4-6-8-12/h9-10,12H,4-8H2,1-3H3,(H,19,22). The van der Waals surface area contributed by atoms with Crippen LogP contribution >= 0.6 is 0 Å². The second kappa shape index (κ2) is 6.62. The third-order valence-corrected chi connectivity index (χ3v) is 5.88. The molecule has 1 N–H and O–H groups in total. The van der Waals surface area contributed by atoms with Gasteiger partial charge in [-0.15, -0.1) is 0 Å². The van der Waals surface area contributed by atoms with Gasteiger partial charge in [0, 0.05) is 32.4 Å². The number of carbonyl (C=O) groups excluding carboxylic acids is 1. The molecule has 1 aliphatic carbocycles. The van der Waals surface area contributed by atoms with Crippen molar-refractivity contribution in [1.82, 2.24) is 24.1 Å². The van der Waals surface area contributed by atoms with E-state index in [0.29, 0.717) is 17.1 Å². The first-order valence-corrected chi connectivity index (χ1v) is 9.87. The molecule has 3 rings (SSSR count). The lowest BCUT2D eigenvalue weighted by Gasteiger charge is -2.20. The maximum Gasteiger partial charge on any atom is 0.283 e. The maximum atomic E-state index is 12.6. The van der Waals surface area contributed by atoms with Gasteiger partial charge in [0.25, 0.3) is 15.9 Å². The molecular weight excluding hydrogens is 342 g/mol. The van der Waals surface area contributed by atoms with Crippen molar-refractivity contribution in [1.29, 1.82) is 0 Å². The van der Waals surface area contributed by atoms with Crippen LogP contribution in [0.3, 0.4) is 0 Å². The van der Waals surface area contributed by atoms with Gasteiger partial charge in [0.2, 0.25) is 0 Å². The maximum absolute atomic E-state index is 12.6. The molecule has 1 aliphatic rings. The van der Waals surface area contributed by atoms with Crippen molar-refractivity contribution in [2.24, 2.45) is 14.1 Å². The normalized spacial score (nSPS) is 16.1. The van der Waals surface area contributed by atoms with Crippen molar-refractivity contribution in [3.05, 3.63) is 29.5 Å². The number of nitrogens with zero attached hydrogens (tertiary/aromatic N) is 4. The van der Waals surface area contributed by atoms with E-state index in [9.17, 15) is 13.2 Å². The van der Waals surface area contributed by atoms with E-state index >= 15 is 0 Å². The van der Waals surface area contributed by atoms with Gasteiger partial charge in [0.1, 0.15) is 5.82 Å². The number of imidazole rings is 1. The zero-order valence-electron chi connectivity index (χ0n) is 14.7. The average molecular weight is 365 g/mol. The number of hydrogen-bond acceptors (Lipinski definition) is 5. The number of hydrogen-bond donors (Lipinski definition) is 1. The molecular formula is C16H23N5O3S. The number of nitrogens with one attached hydrogen (secondary N) is 1. The summed E-state index contributed by atoms with van der Waals surface area (Å²) in [5.74, 6) is 0.101. The molecule has 2 aromatic rings. The SMILES string of the molecule is Cc1nc(S(=O)(=O)NC(=O)c2cn(C)nc2C2CCCCC2)cn1C. The molecule has 0 saturated heterocycles. The minimum Gasteiger partial charge on any atom is -0.337 e. The van der Waals surface area contributed by atoms with Gasteiger partial charge in [-0.05, 0) is 19.8 Å². The molecule has 0 spiro atoms. The molecule has 0 bridgehead atoms. The number of aryl methyl sites for hydroxylation is 3. The zero-order chi connectivity index (χ0) is 18.2. The van der Waals surface area contributed by atoms with E-state index in [1.807, 2.05) is 0 Å². The van der Waals surface area contributed by atoms with E-state index in [-0.39, 0.29) is 10.9 Å². The molecule has 2 aromatic heterocycles. The number of sulfonamides is 1. The van der Waals surface area contributed by atoms with Gasteiger partial charge >= 0.3 is 0 Å². The predicted octanol–water partition coefficient (Wildman–Crippen LogP) is 1.63. The molecule has 0 radical (unpaired) electrons. The smallest absolute Gasteiger partial charge is 0.283 e. The summed E-state index contributed by atoms with van der Waals surface area (Å²) in [6, 6.07) is 0. The van der Waals surface area contributed by atoms with Gasteiger partial charge in [-0.25, -0.2) is 9.71 Å². The Kier molecular flexibility index (Phi) is 4.68. The summed E-state index contributed by atoms with van der Waals surface area (Å²) >= 11 is 0. The summed E-state index contributed by atoms with van der Waals surface area (Å²) in [5, 5.41) is 4.25. The third-order valence-electron chi connectivity index (χ3n) is 4.68. The van der Waals surface area contributed by atoms with E-state index in [4.69, 9.17) is 0 Å². The number of amides is 1. The molecule has 1 fully saturated rings. The van der Waals surface area contributed by atoms with E-state index in [1.165, 1.54) is 12.6 Å². The number of rotatable bonds is 4. The summed E-state index contributed by atoms with van der Waals surface area (Å²) in [7, 11) is -0.580. The van der Waals surface area contributed by atoms with Crippen LogP contribution in [0.4, 0.5) is 0 Å². The Morgan fingerprint density at radius 2 is 1.88 bits per heavy atom. The lowest BCUT2D eigenvalue weighted by atomic mass is 9.85. The number of aromatic nitrogens is 4. The molecule has 1 amide bonds. The highest BCUT2D eigenvalue weighted by Gasteiger charge is 2.28. The van der Waals surface area contributed by atoms with Gasteiger partial charge in [0.15, 0.2) is 5.03 Å². The highest BCUT2D eigenvalue weighted by Crippen LogP contribution is 2.33. The largest absolute Gasteiger partial charge is 0.337 e. The summed E-state index contributed by atoms with van der Waals surface area (Å²) < 4.78 is 30.2. The summed E-state index contributed by atoms with van der Waals surface area (Å²) in [6.45, 7) is 1.70. The molecule has 0 aliphatic heterocycles. The monoisotopic (exact) mass is 365 g/mol. The van der Waals surface area contributed by atoms with Crippen LogP contribution in [-0.4, -0.2) is 33.7 Å². The Labute approximate surface area is 147 Å². The Bertz CT molecular complexity index is 872. The Morgan fingerprint density at radius 1 is 1.20 bits per heavy atom. The zero-order valence-corrected chi connectivity index (χ0v) is 15.5. The van der Waals surface area contributed by atoms with Gasteiger partial charge in [0.05, 0.1) is 11.3 Å². The van der Waals surface area contributed by atoms with Crippen LogP contribution < -0.4 is 4.72 Å². The lowest BCUT2D eigenvalue weighted by molar-refractivity contribution is 0.0979. The predicted molar refractivity (Wildman–Crippen MR) is 91.6 cm³/mol. The summed E-state index contributed by atoms with van der Waals surface area (Å²) in [6.07, 6.45) is 8.32. The van der Waals surface area contributed by atoms with Crippen molar-refractivity contribution in [2.75, 3.05) is 0 Å². The summed E-state index contributed by atoms with van der Waals surface area (Å²) in [4.78, 5) is 16.6. The van der Waals surface area contributed by atoms with E-state index in [1.54, 1.807) is 36.5 Å². The van der Waals surface area contributed by atoms with Crippen LogP contribution in [0.5, 0.6) is 0 Å². The van der Waals surface area contributed by atoms with E-state index in [2.05, 4.69) is 14.8 Å². The summed E-state index contributed by atoms with van der Waals surface area (Å²) in [5.41, 5.74) is 1.01. The molecule has 0 unspecified atom stereocenters. The van der Waals surface area contributed by atoms with Crippen molar-refractivity contribution in [3.8, 4) is 0 Å². The quantitative estimate of drug-likeness (QED) is 0.888. The van der Waals surface area contributed by atoms with Crippen LogP contribution in [0, 0.1) is 6.92 Å². The van der Waals surface area contributed by atoms with E-state index in [0.717, 1.165) is 25.7 Å². The Balaban J connectivity index is 1.86. The second-order valence-electron chi connectivity index (χ2n) is 6.61. The Hall–Kier alpha value is -2.16. The third kappa shape index (κ3) is 3.60. The lowest BCUT2D eigenvalue weighted by Crippen LogP contribution is -2.31. The van der Waals surface area contributed by atoms with E-state index < -0.39 is 15.9 Å². The molecule has 25 heavy (non-hydrogen) atoms. The average Bonchev–Trinajstić information content (AvgIpc) is 3.12. The minimum atomic E-state index is -4.02. The number of carbonyl (C=O) groups is 1. The van der Waals surface area contributed by atoms with Crippen molar-refractivity contribution < 1.29 is 13.2 Å². The van der Waals surface area contributed by atoms with Crippen molar-refractivity contribution >= 4 is 15.9 Å². The highest BCUT2D eigenvalue weighted by molar-refractivity contribution is 7.90. The van der Waals surface area contributed by atoms with Gasteiger partial charge < -0.3 is 4.57 Å². The molecule has 1 saturated carbocycles. The topological polar surface area (TPSA) is 98.9 Å². The second-order valence-corrected chi connectivity index (χ2v) is 8.24. The molecule has 2 heterocycles. The Morgan fingerprint density at radius 3 is 2.48 bits per heavy atom. The fourth-order valence-corrected chi connectivity index (χ4v) is 4.25. The van der Waals surface area contributed by atoms with Crippen molar-refractivity contribution in [3.63, 3.8) is 0 Å². The highest BCUT2D eigenvalue weighted by atomic mass is 32.2. The van der Waals surface area contributed by atoms with Crippen LogP contribution in [0.1, 0.15) is 59.9 Å². The van der Waals surface area contributed by atoms with Crippen LogP contribution in [0.25, 0.3) is 0 Å². The van der Waals surface area contributed by atoms with Gasteiger partial charge in [-0.3, -0.25) is 9.48 Å². The van der Waals surface area contributed by atoms with Crippen molar-refractivity contribution in [2.45, 2.75) is 50.0 Å².